The van der Waals surface area contributed by atoms with E-state index in [0.717, 1.165) is 25.7 Å². The van der Waals surface area contributed by atoms with Gasteiger partial charge in [0.1, 0.15) is 5.75 Å². The fraction of sp³-hybridized carbons (Fsp3) is 0.0714. The van der Waals surface area contributed by atoms with E-state index in [-0.39, 0.29) is 0 Å². The van der Waals surface area contributed by atoms with Crippen LogP contribution in [0.3, 0.4) is 0 Å². The molecule has 0 aliphatic heterocycles. The molecule has 2 N–H and O–H groups in total. The zero-order valence-corrected chi connectivity index (χ0v) is 14.8. The Labute approximate surface area is 143 Å². The number of methoxy groups -OCH3 is 1. The Balaban J connectivity index is 2.32. The van der Waals surface area contributed by atoms with Crippen LogP contribution in [-0.4, -0.2) is 16.7 Å². The molecule has 21 heavy (non-hydrogen) atoms. The second-order valence-electron chi connectivity index (χ2n) is 4.38. The number of rotatable bonds is 2. The highest BCUT2D eigenvalue weighted by Gasteiger charge is 2.15. The molecule has 0 saturated heterocycles. The largest absolute Gasteiger partial charge is 0.495 e. The van der Waals surface area contributed by atoms with Gasteiger partial charge in [-0.05, 0) is 56.1 Å². The maximum absolute atomic E-state index is 6.07. The van der Waals surface area contributed by atoms with Gasteiger partial charge in [-0.3, -0.25) is 4.57 Å². The monoisotopic (exact) mass is 429 g/mol. The van der Waals surface area contributed by atoms with Crippen LogP contribution in [-0.2, 0) is 0 Å². The van der Waals surface area contributed by atoms with Gasteiger partial charge in [0.2, 0.25) is 5.95 Å². The van der Waals surface area contributed by atoms with Crippen LogP contribution in [0.5, 0.6) is 5.75 Å². The highest BCUT2D eigenvalue weighted by atomic mass is 79.9. The van der Waals surface area contributed by atoms with Gasteiger partial charge in [0.15, 0.2) is 0 Å². The summed E-state index contributed by atoms with van der Waals surface area (Å²) in [5, 5.41) is 0.625. The van der Waals surface area contributed by atoms with Crippen molar-refractivity contribution in [3.63, 3.8) is 0 Å². The fourth-order valence-electron chi connectivity index (χ4n) is 2.17. The van der Waals surface area contributed by atoms with Crippen LogP contribution in [0, 0.1) is 0 Å². The zero-order chi connectivity index (χ0) is 15.1. The number of halogens is 3. The first-order chi connectivity index (χ1) is 10.0. The van der Waals surface area contributed by atoms with Crippen molar-refractivity contribution in [1.29, 1.82) is 0 Å². The van der Waals surface area contributed by atoms with Gasteiger partial charge in [-0.15, -0.1) is 0 Å². The van der Waals surface area contributed by atoms with E-state index in [1.807, 2.05) is 28.8 Å². The summed E-state index contributed by atoms with van der Waals surface area (Å²) in [6.45, 7) is 0. The van der Waals surface area contributed by atoms with Crippen LogP contribution in [0.25, 0.3) is 16.7 Å². The standard InChI is InChI=1S/C14H10Br2ClN3O/c1-21-13-6-12(8(15)5-9(13)16)20-11-3-2-7(17)4-10(11)19-14(20)18/h2-6H,1H3,(H2,18,19). The predicted molar refractivity (Wildman–Crippen MR) is 92.4 cm³/mol. The third-order valence-electron chi connectivity index (χ3n) is 3.10. The molecule has 3 rings (SSSR count). The number of nitrogens with zero attached hydrogens (tertiary/aromatic N) is 2. The minimum Gasteiger partial charge on any atom is -0.495 e. The molecule has 7 heteroatoms. The van der Waals surface area contributed by atoms with E-state index < -0.39 is 0 Å². The van der Waals surface area contributed by atoms with E-state index in [0.29, 0.717) is 16.7 Å². The molecule has 0 atom stereocenters. The lowest BCUT2D eigenvalue weighted by molar-refractivity contribution is 0.412. The first kappa shape index (κ1) is 14.7. The van der Waals surface area contributed by atoms with Gasteiger partial charge < -0.3 is 10.5 Å². The molecule has 1 heterocycles. The summed E-state index contributed by atoms with van der Waals surface area (Å²) in [6.07, 6.45) is 0. The van der Waals surface area contributed by atoms with Crippen molar-refractivity contribution >= 4 is 60.4 Å². The number of nitrogen functional groups attached to an aromatic ring is 1. The highest BCUT2D eigenvalue weighted by Crippen LogP contribution is 2.36. The van der Waals surface area contributed by atoms with Gasteiger partial charge in [-0.1, -0.05) is 11.6 Å². The first-order valence-electron chi connectivity index (χ1n) is 5.98. The number of imidazole rings is 1. The minimum atomic E-state index is 0.386. The molecule has 3 aromatic rings. The average Bonchev–Trinajstić information content (AvgIpc) is 2.74. The van der Waals surface area contributed by atoms with E-state index in [1.165, 1.54) is 0 Å². The van der Waals surface area contributed by atoms with Gasteiger partial charge in [0.25, 0.3) is 0 Å². The topological polar surface area (TPSA) is 53.1 Å². The summed E-state index contributed by atoms with van der Waals surface area (Å²) in [4.78, 5) is 4.35. The predicted octanol–water partition coefficient (Wildman–Crippen LogP) is 4.79. The molecule has 4 nitrogen and oxygen atoms in total. The lowest BCUT2D eigenvalue weighted by Crippen LogP contribution is -2.02. The number of hydrogen-bond acceptors (Lipinski definition) is 3. The molecule has 1 aromatic heterocycles. The Kier molecular flexibility index (Phi) is 3.86. The van der Waals surface area contributed by atoms with E-state index in [4.69, 9.17) is 22.1 Å². The van der Waals surface area contributed by atoms with Crippen molar-refractivity contribution in [3.05, 3.63) is 44.3 Å². The van der Waals surface area contributed by atoms with Crippen molar-refractivity contribution < 1.29 is 4.74 Å². The van der Waals surface area contributed by atoms with E-state index in [2.05, 4.69) is 36.8 Å². The Bertz CT molecular complexity index is 848. The first-order valence-corrected chi connectivity index (χ1v) is 7.94. The minimum absolute atomic E-state index is 0.386. The number of ether oxygens (including phenoxy) is 1. The summed E-state index contributed by atoms with van der Waals surface area (Å²) in [5.74, 6) is 1.10. The average molecular weight is 432 g/mol. The second kappa shape index (κ2) is 5.51. The van der Waals surface area contributed by atoms with Gasteiger partial charge in [-0.2, -0.15) is 0 Å². The molecule has 108 valence electrons. The molecule has 0 saturated carbocycles. The van der Waals surface area contributed by atoms with Crippen LogP contribution in [0.15, 0.2) is 39.3 Å². The SMILES string of the molecule is COc1cc(-n2c(N)nc3cc(Cl)ccc32)c(Br)cc1Br. The third-order valence-corrected chi connectivity index (χ3v) is 4.59. The van der Waals surface area contributed by atoms with Gasteiger partial charge >= 0.3 is 0 Å². The summed E-state index contributed by atoms with van der Waals surface area (Å²) in [7, 11) is 1.62. The smallest absolute Gasteiger partial charge is 0.205 e. The molecule has 2 aromatic carbocycles. The normalized spacial score (nSPS) is 11.0. The fourth-order valence-corrected chi connectivity index (χ4v) is 3.67. The third kappa shape index (κ3) is 2.52. The maximum atomic E-state index is 6.07. The molecule has 0 radical (unpaired) electrons. The van der Waals surface area contributed by atoms with Gasteiger partial charge in [0, 0.05) is 15.6 Å². The Hall–Kier alpha value is -1.24. The van der Waals surface area contributed by atoms with Crippen molar-refractivity contribution in [3.8, 4) is 11.4 Å². The number of hydrogen-bond donors (Lipinski definition) is 1. The summed E-state index contributed by atoms with van der Waals surface area (Å²) >= 11 is 13.0. The van der Waals surface area contributed by atoms with Crippen LogP contribution in [0.1, 0.15) is 0 Å². The van der Waals surface area contributed by atoms with Crippen LogP contribution >= 0.6 is 43.5 Å². The molecule has 0 aliphatic rings. The van der Waals surface area contributed by atoms with Crippen molar-refractivity contribution in [1.82, 2.24) is 9.55 Å². The molecular formula is C14H10Br2ClN3O. The number of nitrogens with two attached hydrogens (primary N) is 1. The molecule has 0 fully saturated rings. The van der Waals surface area contributed by atoms with Gasteiger partial charge in [0.05, 0.1) is 28.3 Å². The number of aromatic nitrogens is 2. The van der Waals surface area contributed by atoms with Gasteiger partial charge in [-0.25, -0.2) is 4.98 Å². The molecule has 0 unspecified atom stereocenters. The molecule has 0 amide bonds. The Morgan fingerprint density at radius 1 is 1.19 bits per heavy atom. The van der Waals surface area contributed by atoms with E-state index >= 15 is 0 Å². The number of anilines is 1. The summed E-state index contributed by atoms with van der Waals surface area (Å²) in [5.41, 5.74) is 8.54. The molecular weight excluding hydrogens is 421 g/mol. The lowest BCUT2D eigenvalue weighted by Gasteiger charge is -2.12. The van der Waals surface area contributed by atoms with Crippen molar-refractivity contribution in [2.45, 2.75) is 0 Å². The van der Waals surface area contributed by atoms with Crippen LogP contribution < -0.4 is 10.5 Å². The number of benzene rings is 2. The number of fused-ring (bicyclic) bond motifs is 1. The Morgan fingerprint density at radius 2 is 1.95 bits per heavy atom. The lowest BCUT2D eigenvalue weighted by atomic mass is 10.2. The molecule has 0 spiro atoms. The summed E-state index contributed by atoms with van der Waals surface area (Å²) in [6, 6.07) is 9.29. The van der Waals surface area contributed by atoms with Crippen molar-refractivity contribution in [2.75, 3.05) is 12.8 Å². The van der Waals surface area contributed by atoms with Crippen LogP contribution in [0.4, 0.5) is 5.95 Å². The zero-order valence-electron chi connectivity index (χ0n) is 10.9. The maximum Gasteiger partial charge on any atom is 0.205 e. The van der Waals surface area contributed by atoms with E-state index in [1.54, 1.807) is 13.2 Å². The highest BCUT2D eigenvalue weighted by molar-refractivity contribution is 9.11. The molecule has 0 bridgehead atoms. The second-order valence-corrected chi connectivity index (χ2v) is 6.52. The van der Waals surface area contributed by atoms with Crippen molar-refractivity contribution in [2.24, 2.45) is 0 Å². The van der Waals surface area contributed by atoms with E-state index in [9.17, 15) is 0 Å². The Morgan fingerprint density at radius 3 is 2.67 bits per heavy atom. The quantitative estimate of drug-likeness (QED) is 0.635. The summed E-state index contributed by atoms with van der Waals surface area (Å²) < 4.78 is 8.92. The van der Waals surface area contributed by atoms with Crippen LogP contribution in [0.2, 0.25) is 5.02 Å². The molecule has 0 aliphatic carbocycles.